The highest BCUT2D eigenvalue weighted by Gasteiger charge is 2.73. The maximum Gasteiger partial charge on any atom is 0.160 e. The van der Waals surface area contributed by atoms with Crippen LogP contribution in [0, 0.1) is 57.2 Å². The molecule has 382 valence electrons. The number of epoxide rings is 1. The van der Waals surface area contributed by atoms with Gasteiger partial charge in [0.15, 0.2) is 5.78 Å². The number of aliphatic hydroxyl groups excluding tert-OH is 1. The molecule has 7 aliphatic carbocycles. The van der Waals surface area contributed by atoms with Gasteiger partial charge in [0.2, 0.25) is 0 Å². The van der Waals surface area contributed by atoms with E-state index in [1.54, 1.807) is 0 Å². The number of phenols is 1. The molecule has 2 saturated heterocycles. The lowest BCUT2D eigenvalue weighted by molar-refractivity contribution is -0.206. The molecule has 7 N–H and O–H groups in total. The van der Waals surface area contributed by atoms with Crippen molar-refractivity contribution < 1.29 is 29.6 Å². The maximum absolute atomic E-state index is 15.7. The van der Waals surface area contributed by atoms with E-state index in [1.807, 2.05) is 32.2 Å². The van der Waals surface area contributed by atoms with Gasteiger partial charge < -0.3 is 36.4 Å². The predicted octanol–water partition coefficient (Wildman–Crippen LogP) is 10.8. The number of carbonyl (C=O) groups is 2. The number of carbonyl (C=O) groups excluding carboxylic acids is 2. The van der Waals surface area contributed by atoms with Crippen molar-refractivity contribution >= 4 is 17.3 Å². The second-order valence-corrected chi connectivity index (χ2v) is 26.5. The number of fused-ring (bicyclic) bond motifs is 2. The van der Waals surface area contributed by atoms with Crippen LogP contribution in [0.1, 0.15) is 192 Å². The minimum Gasteiger partial charge on any atom is -0.508 e. The Morgan fingerprint density at radius 2 is 1.66 bits per heavy atom. The van der Waals surface area contributed by atoms with Crippen LogP contribution in [0.15, 0.2) is 53.6 Å². The van der Waals surface area contributed by atoms with E-state index in [-0.39, 0.29) is 57.8 Å². The van der Waals surface area contributed by atoms with Crippen molar-refractivity contribution in [2.75, 3.05) is 19.3 Å². The molecule has 4 bridgehead atoms. The van der Waals surface area contributed by atoms with Gasteiger partial charge in [-0.15, -0.1) is 0 Å². The Morgan fingerprint density at radius 3 is 2.46 bits per heavy atom. The summed E-state index contributed by atoms with van der Waals surface area (Å²) in [5.41, 5.74) is 10.1. The van der Waals surface area contributed by atoms with Gasteiger partial charge in [-0.3, -0.25) is 9.59 Å². The summed E-state index contributed by atoms with van der Waals surface area (Å²) in [6, 6.07) is 14.2. The molecule has 7 fully saturated rings. The number of nitrogens with one attached hydrogen (secondary N) is 2. The zero-order valence-corrected chi connectivity index (χ0v) is 43.6. The van der Waals surface area contributed by atoms with Crippen LogP contribution in [0.2, 0.25) is 0 Å². The first-order chi connectivity index (χ1) is 33.4. The average Bonchev–Trinajstić information content (AvgIpc) is 3.61. The number of Topliss-reactive ketones (excluding diaryl/α,β-unsaturated/α-hetero) is 2. The number of ether oxygens (including phenoxy) is 1. The predicted molar refractivity (Wildman–Crippen MR) is 276 cm³/mol. The zero-order chi connectivity index (χ0) is 49.2. The van der Waals surface area contributed by atoms with Gasteiger partial charge in [0.25, 0.3) is 0 Å². The van der Waals surface area contributed by atoms with E-state index in [9.17, 15) is 15.3 Å². The van der Waals surface area contributed by atoms with Crippen LogP contribution in [0.25, 0.3) is 0 Å². The molecule has 9 nitrogen and oxygen atoms in total. The summed E-state index contributed by atoms with van der Waals surface area (Å²) >= 11 is 0. The first-order valence-electron chi connectivity index (χ1n) is 28.3. The summed E-state index contributed by atoms with van der Waals surface area (Å²) in [4.78, 5) is 31.3. The van der Waals surface area contributed by atoms with Gasteiger partial charge in [0.1, 0.15) is 17.6 Å². The Hall–Kier alpha value is -3.08. The second-order valence-electron chi connectivity index (χ2n) is 26.5. The van der Waals surface area contributed by atoms with Crippen LogP contribution in [0.4, 0.5) is 5.69 Å². The number of nitrogen functional groups attached to an aromatic ring is 1. The third-order valence-electron chi connectivity index (χ3n) is 22.5. The number of β-amino-alcohol motifs (C(OH)–C–C–N with tert-alkyl or cyclic N) is 1. The number of aliphatic hydroxyl groups is 2. The largest absolute Gasteiger partial charge is 0.508 e. The number of allylic oxidation sites excluding steroid dienone is 2. The summed E-state index contributed by atoms with van der Waals surface area (Å²) < 4.78 is 6.77. The Labute approximate surface area is 419 Å². The number of rotatable bonds is 8. The van der Waals surface area contributed by atoms with Gasteiger partial charge in [0.05, 0.1) is 17.3 Å². The fourth-order valence-electron chi connectivity index (χ4n) is 19.8. The number of benzene rings is 2. The van der Waals surface area contributed by atoms with E-state index in [0.717, 1.165) is 106 Å². The third kappa shape index (κ3) is 7.76. The highest BCUT2D eigenvalue weighted by atomic mass is 16.6. The monoisotopic (exact) mass is 958 g/mol. The van der Waals surface area contributed by atoms with Gasteiger partial charge in [0, 0.05) is 48.0 Å². The van der Waals surface area contributed by atoms with Crippen LogP contribution in [0.5, 0.6) is 5.75 Å². The zero-order valence-electron chi connectivity index (χ0n) is 43.6. The lowest BCUT2D eigenvalue weighted by atomic mass is 9.32. The number of hydrogen-bond donors (Lipinski definition) is 6. The smallest absolute Gasteiger partial charge is 0.160 e. The van der Waals surface area contributed by atoms with Gasteiger partial charge in [-0.25, -0.2) is 0 Å². The highest BCUT2D eigenvalue weighted by molar-refractivity contribution is 6.01. The summed E-state index contributed by atoms with van der Waals surface area (Å²) in [6.45, 7) is 12.7. The van der Waals surface area contributed by atoms with Crippen molar-refractivity contribution in [1.29, 1.82) is 0 Å². The molecule has 1 spiro atoms. The number of nitrogens with two attached hydrogens (primary N) is 1. The first kappa shape index (κ1) is 49.1. The molecule has 2 heterocycles. The van der Waals surface area contributed by atoms with E-state index >= 15 is 9.59 Å². The van der Waals surface area contributed by atoms with E-state index in [2.05, 4.69) is 62.6 Å². The maximum atomic E-state index is 15.7. The van der Waals surface area contributed by atoms with Crippen molar-refractivity contribution in [3.8, 4) is 5.75 Å². The van der Waals surface area contributed by atoms with Gasteiger partial charge in [-0.05, 0) is 190 Å². The third-order valence-corrected chi connectivity index (χ3v) is 22.5. The lowest BCUT2D eigenvalue weighted by Crippen LogP contribution is -2.71. The molecule has 11 rings (SSSR count). The van der Waals surface area contributed by atoms with Gasteiger partial charge >= 0.3 is 0 Å². The number of anilines is 1. The molecular weight excluding hydrogens is 871 g/mol. The molecule has 2 aromatic rings. The molecule has 9 heteroatoms. The Morgan fingerprint density at radius 1 is 0.871 bits per heavy atom. The number of ketones is 2. The second kappa shape index (κ2) is 17.8. The van der Waals surface area contributed by atoms with Crippen LogP contribution in [-0.2, 0) is 20.9 Å². The standard InChI is InChI=1S/C61H87N3O6/c1-56(69)23-9-10-24-57(2)53-48(64-35-56)32-61-25-13-16-37-14-7-8-18-42(37)44(30-49(66)55-60(5,70-55)46-20-12-19-43(46)38-15-11-17-40(62)28-38)52-47(59(61,4)33-50(52)67)21-22-51(61)58(53,3)31-45(54(57)68)39-26-36(34-63-6)27-41(65)29-39/h11,15,17,26-29,37,42-46,48-49,51,53,55,63-66,69H,7-10,12-14,16,18-25,30-35,62H2,1-6H3. The molecule has 0 aromatic heterocycles. The molecule has 9 aliphatic rings. The van der Waals surface area contributed by atoms with Crippen LogP contribution in [-0.4, -0.2) is 69.9 Å². The van der Waals surface area contributed by atoms with E-state index in [1.165, 1.54) is 30.4 Å². The van der Waals surface area contributed by atoms with E-state index in [0.29, 0.717) is 74.0 Å². The fraction of sp³-hybridized carbons (Fsp3) is 0.738. The SMILES string of the molecule is CNCc1cc(O)cc(C2CC3(C)C4C(CC56CCCC7CCCCC7C(CC(O)C7OC7(C)C7CCCC7c7cccc(N)c7)C7=C(CCC35)C6(C)CC7=O)NCC(C)(O)CCCCC4(C)C2=O)c1. The molecular formula is C61H87N3O6. The summed E-state index contributed by atoms with van der Waals surface area (Å²) in [7, 11) is 1.92. The van der Waals surface area contributed by atoms with Crippen LogP contribution >= 0.6 is 0 Å². The number of aromatic hydroxyl groups is 1. The van der Waals surface area contributed by atoms with Crippen molar-refractivity contribution in [3.63, 3.8) is 0 Å². The van der Waals surface area contributed by atoms with Gasteiger partial charge in [-0.1, -0.05) is 95.9 Å². The fourth-order valence-corrected chi connectivity index (χ4v) is 19.8. The highest BCUT2D eigenvalue weighted by Crippen LogP contribution is 2.77. The molecule has 17 unspecified atom stereocenters. The minimum absolute atomic E-state index is 0.00409. The molecule has 0 radical (unpaired) electrons. The first-order valence-corrected chi connectivity index (χ1v) is 28.3. The van der Waals surface area contributed by atoms with E-state index in [4.69, 9.17) is 10.5 Å². The molecule has 17 atom stereocenters. The van der Waals surface area contributed by atoms with Crippen LogP contribution in [0.3, 0.4) is 0 Å². The molecule has 2 aliphatic heterocycles. The van der Waals surface area contributed by atoms with Crippen LogP contribution < -0.4 is 16.4 Å². The topological polar surface area (TPSA) is 157 Å². The number of hydrogen-bond acceptors (Lipinski definition) is 9. The molecule has 70 heavy (non-hydrogen) atoms. The average molecular weight is 958 g/mol. The Balaban J connectivity index is 0.997. The minimum atomic E-state index is -0.862. The van der Waals surface area contributed by atoms with Crippen molar-refractivity contribution in [3.05, 3.63) is 70.3 Å². The molecule has 2 aromatic carbocycles. The van der Waals surface area contributed by atoms with Crippen molar-refractivity contribution in [2.45, 2.75) is 211 Å². The normalized spacial score (nSPS) is 45.3. The van der Waals surface area contributed by atoms with E-state index < -0.39 is 22.7 Å². The Kier molecular flexibility index (Phi) is 12.5. The van der Waals surface area contributed by atoms with Crippen molar-refractivity contribution in [2.24, 2.45) is 57.2 Å². The van der Waals surface area contributed by atoms with Gasteiger partial charge in [-0.2, -0.15) is 0 Å². The molecule has 5 saturated carbocycles. The number of phenolic OH excluding ortho intramolecular Hbond substituents is 1. The summed E-state index contributed by atoms with van der Waals surface area (Å²) in [5.74, 6) is 2.38. The summed E-state index contributed by atoms with van der Waals surface area (Å²) in [6.07, 6.45) is 18.2. The lowest BCUT2D eigenvalue weighted by Gasteiger charge is -2.72. The Bertz CT molecular complexity index is 2400. The molecule has 0 amide bonds. The van der Waals surface area contributed by atoms with Crippen molar-refractivity contribution in [1.82, 2.24) is 10.6 Å². The quantitative estimate of drug-likeness (QED) is 0.112. The summed E-state index contributed by atoms with van der Waals surface area (Å²) in [5, 5.41) is 43.1.